The summed E-state index contributed by atoms with van der Waals surface area (Å²) in [5.74, 6) is 0.543. The van der Waals surface area contributed by atoms with E-state index in [0.717, 1.165) is 19.3 Å². The molecule has 0 saturated heterocycles. The van der Waals surface area contributed by atoms with Crippen LogP contribution in [0.1, 0.15) is 134 Å². The first-order valence-corrected chi connectivity index (χ1v) is 12.6. The van der Waals surface area contributed by atoms with Crippen molar-refractivity contribution in [2.75, 3.05) is 0 Å². The van der Waals surface area contributed by atoms with Gasteiger partial charge in [-0.2, -0.15) is 0 Å². The molecule has 0 aliphatic rings. The molecule has 0 fully saturated rings. The normalized spacial score (nSPS) is 11.2. The zero-order valence-corrected chi connectivity index (χ0v) is 19.3. The van der Waals surface area contributed by atoms with Gasteiger partial charge in [0.15, 0.2) is 0 Å². The summed E-state index contributed by atoms with van der Waals surface area (Å²) >= 11 is 0. The van der Waals surface area contributed by atoms with E-state index in [-0.39, 0.29) is 0 Å². The first kappa shape index (κ1) is 25.1. The molecule has 0 heterocycles. The summed E-state index contributed by atoms with van der Waals surface area (Å²) in [4.78, 5) is 0. The van der Waals surface area contributed by atoms with Gasteiger partial charge in [-0.25, -0.2) is 0 Å². The number of rotatable bonds is 18. The van der Waals surface area contributed by atoms with Gasteiger partial charge in [-0.1, -0.05) is 110 Å². The Labute approximate surface area is 176 Å². The number of phenols is 1. The summed E-state index contributed by atoms with van der Waals surface area (Å²) in [5, 5.41) is 10.5. The maximum absolute atomic E-state index is 10.5. The van der Waals surface area contributed by atoms with Crippen LogP contribution in [0.4, 0.5) is 0 Å². The van der Waals surface area contributed by atoms with E-state index in [1.54, 1.807) is 0 Å². The quantitative estimate of drug-likeness (QED) is 0.249. The van der Waals surface area contributed by atoms with Crippen molar-refractivity contribution in [3.8, 4) is 5.75 Å². The third-order valence-corrected chi connectivity index (χ3v) is 6.08. The van der Waals surface area contributed by atoms with Gasteiger partial charge in [0.25, 0.3) is 0 Å². The number of aromatic hydroxyl groups is 1. The second-order valence-electron chi connectivity index (χ2n) is 8.69. The van der Waals surface area contributed by atoms with Gasteiger partial charge in [-0.15, -0.1) is 0 Å². The summed E-state index contributed by atoms with van der Waals surface area (Å²) in [6.07, 6.45) is 23.4. The highest BCUT2D eigenvalue weighted by molar-refractivity contribution is 5.45. The minimum Gasteiger partial charge on any atom is -0.508 e. The van der Waals surface area contributed by atoms with Crippen molar-refractivity contribution in [3.63, 3.8) is 0 Å². The fourth-order valence-corrected chi connectivity index (χ4v) is 4.34. The summed E-state index contributed by atoms with van der Waals surface area (Å²) < 4.78 is 0. The summed E-state index contributed by atoms with van der Waals surface area (Å²) in [5.41, 5.74) is 4.23. The molecule has 162 valence electrons. The Morgan fingerprint density at radius 3 is 1.50 bits per heavy atom. The number of hydrogen-bond acceptors (Lipinski definition) is 1. The zero-order valence-electron chi connectivity index (χ0n) is 19.3. The van der Waals surface area contributed by atoms with Gasteiger partial charge in [0.2, 0.25) is 0 Å². The number of phenolic OH excluding ortho intramolecular Hbond substituents is 1. The monoisotopic (exact) mass is 388 g/mol. The number of unbranched alkanes of at least 4 members (excludes halogenated alkanes) is 12. The van der Waals surface area contributed by atoms with Crippen LogP contribution in [-0.2, 0) is 19.3 Å². The number of hydrogen-bond donors (Lipinski definition) is 1. The topological polar surface area (TPSA) is 20.2 Å². The minimum absolute atomic E-state index is 0.543. The van der Waals surface area contributed by atoms with Crippen LogP contribution < -0.4 is 0 Å². The maximum Gasteiger partial charge on any atom is 0.119 e. The molecule has 0 radical (unpaired) electrons. The van der Waals surface area contributed by atoms with E-state index in [4.69, 9.17) is 0 Å². The van der Waals surface area contributed by atoms with Crippen LogP contribution in [0.5, 0.6) is 5.75 Å². The van der Waals surface area contributed by atoms with E-state index in [9.17, 15) is 5.11 Å². The van der Waals surface area contributed by atoms with Crippen LogP contribution in [0, 0.1) is 0 Å². The Morgan fingerprint density at radius 1 is 0.500 bits per heavy atom. The van der Waals surface area contributed by atoms with Crippen molar-refractivity contribution in [2.24, 2.45) is 0 Å². The van der Waals surface area contributed by atoms with Crippen LogP contribution >= 0.6 is 0 Å². The molecule has 0 aliphatic heterocycles. The predicted molar refractivity (Wildman–Crippen MR) is 125 cm³/mol. The van der Waals surface area contributed by atoms with Gasteiger partial charge < -0.3 is 5.11 Å². The Morgan fingerprint density at radius 2 is 0.964 bits per heavy atom. The second kappa shape index (κ2) is 16.9. The van der Waals surface area contributed by atoms with Gasteiger partial charge in [0.05, 0.1) is 0 Å². The van der Waals surface area contributed by atoms with Gasteiger partial charge in [0, 0.05) is 0 Å². The highest BCUT2D eigenvalue weighted by atomic mass is 16.3. The molecule has 0 bridgehead atoms. The van der Waals surface area contributed by atoms with Crippen molar-refractivity contribution in [3.05, 3.63) is 28.8 Å². The molecule has 1 heteroatoms. The van der Waals surface area contributed by atoms with E-state index in [1.165, 1.54) is 113 Å². The molecule has 0 aromatic heterocycles. The number of benzene rings is 1. The van der Waals surface area contributed by atoms with Crippen molar-refractivity contribution in [2.45, 2.75) is 136 Å². The SMILES string of the molecule is CCCCCCCCCCCCc1c(O)ccc(CCC)c1CCCCCC. The lowest BCUT2D eigenvalue weighted by atomic mass is 9.90. The Kier molecular flexibility index (Phi) is 15.1. The van der Waals surface area contributed by atoms with Crippen LogP contribution in [0.3, 0.4) is 0 Å². The molecule has 0 spiro atoms. The fourth-order valence-electron chi connectivity index (χ4n) is 4.34. The third-order valence-electron chi connectivity index (χ3n) is 6.08. The van der Waals surface area contributed by atoms with E-state index >= 15 is 0 Å². The first-order chi connectivity index (χ1) is 13.7. The third kappa shape index (κ3) is 10.5. The largest absolute Gasteiger partial charge is 0.508 e. The lowest BCUT2D eigenvalue weighted by molar-refractivity contribution is 0.463. The van der Waals surface area contributed by atoms with Crippen molar-refractivity contribution in [1.82, 2.24) is 0 Å². The molecule has 1 rings (SSSR count). The van der Waals surface area contributed by atoms with Crippen LogP contribution in [0.25, 0.3) is 0 Å². The predicted octanol–water partition coefficient (Wildman–Crippen LogP) is 8.93. The Hall–Kier alpha value is -0.980. The molecule has 1 aromatic rings. The fraction of sp³-hybridized carbons (Fsp3) is 0.778. The molecule has 28 heavy (non-hydrogen) atoms. The van der Waals surface area contributed by atoms with Gasteiger partial charge >= 0.3 is 0 Å². The standard InChI is InChI=1S/C27H48O/c1-4-7-9-11-12-13-14-15-16-18-21-26-25(20-17-10-8-5-2)24(19-6-3)22-23-27(26)28/h22-23,28H,4-21H2,1-3H3. The van der Waals surface area contributed by atoms with E-state index in [1.807, 2.05) is 6.07 Å². The van der Waals surface area contributed by atoms with Gasteiger partial charge in [0.1, 0.15) is 5.75 Å². The van der Waals surface area contributed by atoms with Crippen molar-refractivity contribution in [1.29, 1.82) is 0 Å². The highest BCUT2D eigenvalue weighted by Crippen LogP contribution is 2.29. The smallest absolute Gasteiger partial charge is 0.119 e. The molecule has 0 unspecified atom stereocenters. The lowest BCUT2D eigenvalue weighted by Crippen LogP contribution is -2.02. The van der Waals surface area contributed by atoms with E-state index < -0.39 is 0 Å². The molecular formula is C27H48O. The molecule has 0 saturated carbocycles. The Balaban J connectivity index is 2.43. The summed E-state index contributed by atoms with van der Waals surface area (Å²) in [7, 11) is 0. The summed E-state index contributed by atoms with van der Waals surface area (Å²) in [6, 6.07) is 4.13. The van der Waals surface area contributed by atoms with Crippen LogP contribution in [0.2, 0.25) is 0 Å². The van der Waals surface area contributed by atoms with Gasteiger partial charge in [-0.05, 0) is 54.9 Å². The summed E-state index contributed by atoms with van der Waals surface area (Å²) in [6.45, 7) is 6.81. The average Bonchev–Trinajstić information content (AvgIpc) is 2.70. The van der Waals surface area contributed by atoms with Crippen molar-refractivity contribution >= 4 is 0 Å². The lowest BCUT2D eigenvalue weighted by Gasteiger charge is -2.17. The van der Waals surface area contributed by atoms with E-state index in [0.29, 0.717) is 5.75 Å². The zero-order chi connectivity index (χ0) is 20.5. The van der Waals surface area contributed by atoms with Crippen LogP contribution in [0.15, 0.2) is 12.1 Å². The Bertz CT molecular complexity index is 491. The second-order valence-corrected chi connectivity index (χ2v) is 8.69. The van der Waals surface area contributed by atoms with Crippen LogP contribution in [-0.4, -0.2) is 5.11 Å². The first-order valence-electron chi connectivity index (χ1n) is 12.6. The molecule has 1 aromatic carbocycles. The van der Waals surface area contributed by atoms with Gasteiger partial charge in [-0.3, -0.25) is 0 Å². The minimum atomic E-state index is 0.543. The highest BCUT2D eigenvalue weighted by Gasteiger charge is 2.12. The van der Waals surface area contributed by atoms with E-state index in [2.05, 4.69) is 26.8 Å². The molecule has 0 aliphatic carbocycles. The number of aryl methyl sites for hydroxylation is 1. The molecule has 1 nitrogen and oxygen atoms in total. The van der Waals surface area contributed by atoms with Crippen molar-refractivity contribution < 1.29 is 5.11 Å². The molecular weight excluding hydrogens is 340 g/mol. The molecule has 0 amide bonds. The molecule has 0 atom stereocenters. The molecule has 1 N–H and O–H groups in total. The average molecular weight is 389 g/mol. The maximum atomic E-state index is 10.5.